The number of rotatable bonds is 4. The summed E-state index contributed by atoms with van der Waals surface area (Å²) in [5, 5.41) is 3.14. The topological polar surface area (TPSA) is 24.5 Å². The van der Waals surface area contributed by atoms with Gasteiger partial charge >= 0.3 is 0 Å². The van der Waals surface area contributed by atoms with Crippen molar-refractivity contribution in [3.63, 3.8) is 0 Å². The standard InChI is InChI=1S/C14H21FN2O/c1-11-7-12(3-4-14(11)15)9-17-5-6-18-13(10-17)8-16-2/h3-4,7,13,16H,5-6,8-10H2,1-2H3. The predicted molar refractivity (Wildman–Crippen MR) is 70.1 cm³/mol. The summed E-state index contributed by atoms with van der Waals surface area (Å²) in [6.45, 7) is 6.19. The van der Waals surface area contributed by atoms with Gasteiger partial charge in [-0.1, -0.05) is 12.1 Å². The van der Waals surface area contributed by atoms with Crippen molar-refractivity contribution in [3.8, 4) is 0 Å². The molecule has 1 N–H and O–H groups in total. The van der Waals surface area contributed by atoms with Crippen LogP contribution in [0.3, 0.4) is 0 Å². The molecule has 1 heterocycles. The van der Waals surface area contributed by atoms with E-state index in [-0.39, 0.29) is 11.9 Å². The maximum absolute atomic E-state index is 13.2. The van der Waals surface area contributed by atoms with Crippen LogP contribution in [0.2, 0.25) is 0 Å². The van der Waals surface area contributed by atoms with E-state index in [1.165, 1.54) is 5.56 Å². The Balaban J connectivity index is 1.93. The van der Waals surface area contributed by atoms with Gasteiger partial charge in [0.05, 0.1) is 12.7 Å². The van der Waals surface area contributed by atoms with Crippen molar-refractivity contribution < 1.29 is 9.13 Å². The summed E-state index contributed by atoms with van der Waals surface area (Å²) in [7, 11) is 1.94. The molecule has 3 nitrogen and oxygen atoms in total. The van der Waals surface area contributed by atoms with E-state index in [2.05, 4.69) is 10.2 Å². The van der Waals surface area contributed by atoms with E-state index in [1.807, 2.05) is 26.1 Å². The van der Waals surface area contributed by atoms with Gasteiger partial charge in [-0.15, -0.1) is 0 Å². The Morgan fingerprint density at radius 3 is 3.06 bits per heavy atom. The van der Waals surface area contributed by atoms with Crippen LogP contribution in [0.15, 0.2) is 18.2 Å². The number of likely N-dealkylation sites (N-methyl/N-ethyl adjacent to an activating group) is 1. The first-order chi connectivity index (χ1) is 8.69. The second-order valence-corrected chi connectivity index (χ2v) is 4.87. The summed E-state index contributed by atoms with van der Waals surface area (Å²) < 4.78 is 18.9. The Kier molecular flexibility index (Phi) is 4.69. The molecule has 0 aromatic heterocycles. The summed E-state index contributed by atoms with van der Waals surface area (Å²) >= 11 is 0. The molecule has 0 saturated carbocycles. The fourth-order valence-corrected chi connectivity index (χ4v) is 2.34. The molecule has 0 spiro atoms. The van der Waals surface area contributed by atoms with Crippen LogP contribution in [0.1, 0.15) is 11.1 Å². The number of benzene rings is 1. The Labute approximate surface area is 108 Å². The second kappa shape index (κ2) is 6.27. The van der Waals surface area contributed by atoms with Gasteiger partial charge in [-0.3, -0.25) is 4.90 Å². The normalized spacial score (nSPS) is 21.2. The molecule has 0 amide bonds. The van der Waals surface area contributed by atoms with Gasteiger partial charge in [0.2, 0.25) is 0 Å². The Bertz CT molecular complexity index is 395. The third-order valence-electron chi connectivity index (χ3n) is 3.28. The average molecular weight is 252 g/mol. The Hall–Kier alpha value is -0.970. The molecular weight excluding hydrogens is 231 g/mol. The van der Waals surface area contributed by atoms with Crippen LogP contribution >= 0.6 is 0 Å². The molecule has 1 aromatic carbocycles. The van der Waals surface area contributed by atoms with Crippen molar-refractivity contribution in [2.75, 3.05) is 33.3 Å². The van der Waals surface area contributed by atoms with Crippen LogP contribution in [0.5, 0.6) is 0 Å². The van der Waals surface area contributed by atoms with E-state index in [1.54, 1.807) is 6.07 Å². The van der Waals surface area contributed by atoms with E-state index in [9.17, 15) is 4.39 Å². The van der Waals surface area contributed by atoms with Gasteiger partial charge in [-0.05, 0) is 31.2 Å². The second-order valence-electron chi connectivity index (χ2n) is 4.87. The number of nitrogens with one attached hydrogen (secondary N) is 1. The number of hydrogen-bond donors (Lipinski definition) is 1. The van der Waals surface area contributed by atoms with E-state index >= 15 is 0 Å². The largest absolute Gasteiger partial charge is 0.374 e. The van der Waals surface area contributed by atoms with Crippen LogP contribution < -0.4 is 5.32 Å². The first-order valence-electron chi connectivity index (χ1n) is 6.42. The van der Waals surface area contributed by atoms with Gasteiger partial charge in [0.15, 0.2) is 0 Å². The monoisotopic (exact) mass is 252 g/mol. The number of morpholine rings is 1. The minimum atomic E-state index is -0.131. The number of hydrogen-bond acceptors (Lipinski definition) is 3. The van der Waals surface area contributed by atoms with Crippen LogP contribution in [0.25, 0.3) is 0 Å². The highest BCUT2D eigenvalue weighted by atomic mass is 19.1. The molecule has 1 aromatic rings. The van der Waals surface area contributed by atoms with Gasteiger partial charge in [-0.2, -0.15) is 0 Å². The molecule has 100 valence electrons. The number of ether oxygens (including phenoxy) is 1. The van der Waals surface area contributed by atoms with Crippen molar-refractivity contribution in [2.45, 2.75) is 19.6 Å². The van der Waals surface area contributed by atoms with Crippen molar-refractivity contribution in [3.05, 3.63) is 35.1 Å². The van der Waals surface area contributed by atoms with Crippen molar-refractivity contribution >= 4 is 0 Å². The summed E-state index contributed by atoms with van der Waals surface area (Å²) in [5.41, 5.74) is 1.88. The molecule has 0 aliphatic carbocycles. The molecule has 1 saturated heterocycles. The SMILES string of the molecule is CNCC1CN(Cc2ccc(F)c(C)c2)CCO1. The van der Waals surface area contributed by atoms with Gasteiger partial charge in [0, 0.05) is 26.2 Å². The first kappa shape index (κ1) is 13.5. The fourth-order valence-electron chi connectivity index (χ4n) is 2.34. The van der Waals surface area contributed by atoms with Gasteiger partial charge in [0.1, 0.15) is 5.82 Å². The molecular formula is C14H21FN2O. The third kappa shape index (κ3) is 3.51. The molecule has 2 rings (SSSR count). The smallest absolute Gasteiger partial charge is 0.126 e. The molecule has 1 aliphatic heterocycles. The zero-order valence-corrected chi connectivity index (χ0v) is 11.1. The van der Waals surface area contributed by atoms with Crippen LogP contribution in [0, 0.1) is 12.7 Å². The van der Waals surface area contributed by atoms with Crippen molar-refractivity contribution in [1.82, 2.24) is 10.2 Å². The first-order valence-corrected chi connectivity index (χ1v) is 6.42. The lowest BCUT2D eigenvalue weighted by Gasteiger charge is -2.32. The lowest BCUT2D eigenvalue weighted by Crippen LogP contribution is -2.45. The molecule has 0 bridgehead atoms. The summed E-state index contributed by atoms with van der Waals surface area (Å²) in [6, 6.07) is 5.35. The minimum absolute atomic E-state index is 0.131. The van der Waals surface area contributed by atoms with Crippen molar-refractivity contribution in [1.29, 1.82) is 0 Å². The molecule has 1 fully saturated rings. The lowest BCUT2D eigenvalue weighted by molar-refractivity contribution is -0.0291. The maximum atomic E-state index is 13.2. The number of halogens is 1. The van der Waals surface area contributed by atoms with Crippen LogP contribution in [-0.2, 0) is 11.3 Å². The molecule has 1 aliphatic rings. The molecule has 18 heavy (non-hydrogen) atoms. The minimum Gasteiger partial charge on any atom is -0.374 e. The number of nitrogens with zero attached hydrogens (tertiary/aromatic N) is 1. The maximum Gasteiger partial charge on any atom is 0.126 e. The van der Waals surface area contributed by atoms with E-state index in [0.29, 0.717) is 5.56 Å². The van der Waals surface area contributed by atoms with Crippen molar-refractivity contribution in [2.24, 2.45) is 0 Å². The average Bonchev–Trinajstić information content (AvgIpc) is 2.35. The summed E-state index contributed by atoms with van der Waals surface area (Å²) in [5.74, 6) is -0.131. The molecule has 1 unspecified atom stereocenters. The van der Waals surface area contributed by atoms with Crippen LogP contribution in [0.4, 0.5) is 4.39 Å². The lowest BCUT2D eigenvalue weighted by atomic mass is 10.1. The zero-order valence-electron chi connectivity index (χ0n) is 11.1. The Morgan fingerprint density at radius 2 is 2.33 bits per heavy atom. The fraction of sp³-hybridized carbons (Fsp3) is 0.571. The molecule has 1 atom stereocenters. The zero-order chi connectivity index (χ0) is 13.0. The summed E-state index contributed by atoms with van der Waals surface area (Å²) in [6.07, 6.45) is 0.255. The summed E-state index contributed by atoms with van der Waals surface area (Å²) in [4.78, 5) is 2.36. The van der Waals surface area contributed by atoms with Crippen LogP contribution in [-0.4, -0.2) is 44.3 Å². The van der Waals surface area contributed by atoms with Gasteiger partial charge < -0.3 is 10.1 Å². The highest BCUT2D eigenvalue weighted by Crippen LogP contribution is 2.13. The molecule has 0 radical (unpaired) electrons. The quantitative estimate of drug-likeness (QED) is 0.880. The van der Waals surface area contributed by atoms with E-state index in [4.69, 9.17) is 4.74 Å². The van der Waals surface area contributed by atoms with Gasteiger partial charge in [0.25, 0.3) is 0 Å². The highest BCUT2D eigenvalue weighted by Gasteiger charge is 2.19. The predicted octanol–water partition coefficient (Wildman–Crippen LogP) is 1.55. The van der Waals surface area contributed by atoms with Gasteiger partial charge in [-0.25, -0.2) is 4.39 Å². The number of aryl methyl sites for hydroxylation is 1. The molecule has 4 heteroatoms. The van der Waals surface area contributed by atoms with E-state index < -0.39 is 0 Å². The Morgan fingerprint density at radius 1 is 1.50 bits per heavy atom. The third-order valence-corrected chi connectivity index (χ3v) is 3.28. The van der Waals surface area contributed by atoms with E-state index in [0.717, 1.165) is 32.8 Å². The highest BCUT2D eigenvalue weighted by molar-refractivity contribution is 5.23.